The van der Waals surface area contributed by atoms with Gasteiger partial charge in [0.05, 0.1) is 7.11 Å². The van der Waals surface area contributed by atoms with E-state index in [9.17, 15) is 4.79 Å². The van der Waals surface area contributed by atoms with Crippen LogP contribution in [0.15, 0.2) is 0 Å². The Morgan fingerprint density at radius 3 is 2.58 bits per heavy atom. The molecule has 4 nitrogen and oxygen atoms in total. The van der Waals surface area contributed by atoms with Gasteiger partial charge in [-0.25, -0.2) is 0 Å². The summed E-state index contributed by atoms with van der Waals surface area (Å²) in [6.07, 6.45) is 2.46. The molecule has 0 spiro atoms. The summed E-state index contributed by atoms with van der Waals surface area (Å²) in [5, 5.41) is 3.37. The summed E-state index contributed by atoms with van der Waals surface area (Å²) in [6, 6.07) is 0.252. The third-order valence-electron chi connectivity index (χ3n) is 3.76. The lowest BCUT2D eigenvalue weighted by Gasteiger charge is -2.42. The molecule has 0 bridgehead atoms. The number of esters is 1. The van der Waals surface area contributed by atoms with Gasteiger partial charge in [0.1, 0.15) is 5.54 Å². The van der Waals surface area contributed by atoms with E-state index >= 15 is 0 Å². The lowest BCUT2D eigenvalue weighted by Crippen LogP contribution is -2.60. The molecule has 1 saturated heterocycles. The van der Waals surface area contributed by atoms with Crippen LogP contribution in [0.1, 0.15) is 47.5 Å². The fourth-order valence-corrected chi connectivity index (χ4v) is 3.16. The predicted octanol–water partition coefficient (Wildman–Crippen LogP) is 2.04. The lowest BCUT2D eigenvalue weighted by atomic mass is 9.83. The molecule has 0 aromatic rings. The van der Waals surface area contributed by atoms with Gasteiger partial charge in [0.25, 0.3) is 0 Å². The maximum atomic E-state index is 12.1. The van der Waals surface area contributed by atoms with Crippen molar-refractivity contribution < 1.29 is 9.53 Å². The van der Waals surface area contributed by atoms with E-state index in [4.69, 9.17) is 4.74 Å². The quantitative estimate of drug-likeness (QED) is 0.776. The summed E-state index contributed by atoms with van der Waals surface area (Å²) in [6.45, 7) is 13.5. The summed E-state index contributed by atoms with van der Waals surface area (Å²) in [5.74, 6) is -0.176. The second-order valence-corrected chi connectivity index (χ2v) is 7.10. The first-order valence-corrected chi connectivity index (χ1v) is 7.27. The Labute approximate surface area is 117 Å². The first kappa shape index (κ1) is 16.4. The highest BCUT2D eigenvalue weighted by molar-refractivity contribution is 5.80. The molecule has 1 N–H and O–H groups in total. The Balaban J connectivity index is 2.74. The second kappa shape index (κ2) is 6.23. The van der Waals surface area contributed by atoms with Crippen LogP contribution in [0.25, 0.3) is 0 Å². The maximum absolute atomic E-state index is 12.1. The molecule has 1 aliphatic heterocycles. The SMILES string of the molecule is COC(=O)C(C)(CN1CCCC(C)(C)C1)NC(C)C. The average Bonchev–Trinajstić information content (AvgIpc) is 2.25. The molecule has 0 radical (unpaired) electrons. The second-order valence-electron chi connectivity index (χ2n) is 7.10. The highest BCUT2D eigenvalue weighted by atomic mass is 16.5. The van der Waals surface area contributed by atoms with Gasteiger partial charge in [0.2, 0.25) is 0 Å². The Morgan fingerprint density at radius 2 is 2.11 bits per heavy atom. The minimum Gasteiger partial charge on any atom is -0.468 e. The standard InChI is InChI=1S/C15H30N2O2/c1-12(2)16-15(5,13(18)19-6)11-17-9-7-8-14(3,4)10-17/h12,16H,7-11H2,1-6H3. The highest BCUT2D eigenvalue weighted by Gasteiger charge is 2.38. The Morgan fingerprint density at radius 1 is 1.47 bits per heavy atom. The zero-order valence-corrected chi connectivity index (χ0v) is 13.4. The molecule has 0 aromatic heterocycles. The van der Waals surface area contributed by atoms with Crippen LogP contribution in [-0.4, -0.2) is 49.2 Å². The topological polar surface area (TPSA) is 41.6 Å². The van der Waals surface area contributed by atoms with Crippen molar-refractivity contribution in [1.82, 2.24) is 10.2 Å². The van der Waals surface area contributed by atoms with Crippen molar-refractivity contribution in [3.63, 3.8) is 0 Å². The molecule has 0 aliphatic carbocycles. The summed E-state index contributed by atoms with van der Waals surface area (Å²) in [4.78, 5) is 14.5. The van der Waals surface area contributed by atoms with E-state index in [1.165, 1.54) is 20.0 Å². The first-order valence-electron chi connectivity index (χ1n) is 7.27. The smallest absolute Gasteiger partial charge is 0.327 e. The molecule has 1 unspecified atom stereocenters. The number of ether oxygens (including phenoxy) is 1. The highest BCUT2D eigenvalue weighted by Crippen LogP contribution is 2.29. The fraction of sp³-hybridized carbons (Fsp3) is 0.933. The molecular weight excluding hydrogens is 240 g/mol. The number of rotatable bonds is 5. The van der Waals surface area contributed by atoms with Gasteiger partial charge in [-0.15, -0.1) is 0 Å². The van der Waals surface area contributed by atoms with E-state index in [0.717, 1.165) is 13.1 Å². The molecule has 19 heavy (non-hydrogen) atoms. The molecule has 1 heterocycles. The Kier molecular flexibility index (Phi) is 5.39. The molecule has 1 rings (SSSR count). The number of piperidine rings is 1. The van der Waals surface area contributed by atoms with Crippen LogP contribution in [0.3, 0.4) is 0 Å². The van der Waals surface area contributed by atoms with Gasteiger partial charge in [-0.1, -0.05) is 13.8 Å². The summed E-state index contributed by atoms with van der Waals surface area (Å²) < 4.78 is 4.98. The van der Waals surface area contributed by atoms with Gasteiger partial charge in [-0.2, -0.15) is 0 Å². The number of methoxy groups -OCH3 is 1. The number of carbonyl (C=O) groups is 1. The lowest BCUT2D eigenvalue weighted by molar-refractivity contribution is -0.149. The van der Waals surface area contributed by atoms with Crippen LogP contribution in [0.5, 0.6) is 0 Å². The molecule has 1 atom stereocenters. The van der Waals surface area contributed by atoms with Gasteiger partial charge < -0.3 is 9.64 Å². The van der Waals surface area contributed by atoms with Gasteiger partial charge in [0.15, 0.2) is 0 Å². The molecule has 0 amide bonds. The van der Waals surface area contributed by atoms with E-state index < -0.39 is 5.54 Å². The normalized spacial score (nSPS) is 23.1. The monoisotopic (exact) mass is 270 g/mol. The van der Waals surface area contributed by atoms with Gasteiger partial charge >= 0.3 is 5.97 Å². The summed E-state index contributed by atoms with van der Waals surface area (Å²) in [5.41, 5.74) is -0.288. The van der Waals surface area contributed by atoms with Crippen LogP contribution in [-0.2, 0) is 9.53 Å². The van der Waals surface area contributed by atoms with Crippen LogP contribution < -0.4 is 5.32 Å². The van der Waals surface area contributed by atoms with Gasteiger partial charge in [-0.3, -0.25) is 10.1 Å². The number of likely N-dealkylation sites (tertiary alicyclic amines) is 1. The van der Waals surface area contributed by atoms with Crippen molar-refractivity contribution in [1.29, 1.82) is 0 Å². The maximum Gasteiger partial charge on any atom is 0.327 e. The molecule has 4 heteroatoms. The molecule has 1 fully saturated rings. The van der Waals surface area contributed by atoms with Crippen LogP contribution in [0.4, 0.5) is 0 Å². The van der Waals surface area contributed by atoms with Gasteiger partial charge in [-0.05, 0) is 45.6 Å². The average molecular weight is 270 g/mol. The van der Waals surface area contributed by atoms with Crippen LogP contribution in [0.2, 0.25) is 0 Å². The third-order valence-corrected chi connectivity index (χ3v) is 3.76. The van der Waals surface area contributed by atoms with Crippen LogP contribution >= 0.6 is 0 Å². The molecule has 1 aliphatic rings. The van der Waals surface area contributed by atoms with Crippen LogP contribution in [0, 0.1) is 5.41 Å². The first-order chi connectivity index (χ1) is 8.68. The van der Waals surface area contributed by atoms with Crippen molar-refractivity contribution in [3.8, 4) is 0 Å². The van der Waals surface area contributed by atoms with Crippen molar-refractivity contribution in [2.45, 2.75) is 59.0 Å². The number of hydrogen-bond donors (Lipinski definition) is 1. The summed E-state index contributed by atoms with van der Waals surface area (Å²) >= 11 is 0. The van der Waals surface area contributed by atoms with E-state index in [2.05, 4.69) is 37.9 Å². The van der Waals surface area contributed by atoms with E-state index in [1.54, 1.807) is 0 Å². The molecule has 112 valence electrons. The summed E-state index contributed by atoms with van der Waals surface area (Å²) in [7, 11) is 1.46. The third kappa shape index (κ3) is 4.77. The Bertz CT molecular complexity index is 315. The molecular formula is C15H30N2O2. The predicted molar refractivity (Wildman–Crippen MR) is 78.1 cm³/mol. The largest absolute Gasteiger partial charge is 0.468 e. The molecule has 0 saturated carbocycles. The zero-order chi connectivity index (χ0) is 14.7. The number of nitrogens with one attached hydrogen (secondary N) is 1. The van der Waals surface area contributed by atoms with Crippen molar-refractivity contribution in [3.05, 3.63) is 0 Å². The van der Waals surface area contributed by atoms with Crippen molar-refractivity contribution in [2.75, 3.05) is 26.7 Å². The fourth-order valence-electron chi connectivity index (χ4n) is 3.16. The minimum absolute atomic E-state index is 0.176. The van der Waals surface area contributed by atoms with E-state index in [0.29, 0.717) is 12.0 Å². The Hall–Kier alpha value is -0.610. The number of nitrogens with zero attached hydrogens (tertiary/aromatic N) is 1. The number of carbonyl (C=O) groups excluding carboxylic acids is 1. The zero-order valence-electron chi connectivity index (χ0n) is 13.4. The van der Waals surface area contributed by atoms with E-state index in [1.807, 2.05) is 6.92 Å². The van der Waals surface area contributed by atoms with Gasteiger partial charge in [0, 0.05) is 19.1 Å². The number of hydrogen-bond acceptors (Lipinski definition) is 4. The minimum atomic E-state index is -0.629. The van der Waals surface area contributed by atoms with Crippen molar-refractivity contribution >= 4 is 5.97 Å². The van der Waals surface area contributed by atoms with E-state index in [-0.39, 0.29) is 12.0 Å². The molecule has 0 aromatic carbocycles. The van der Waals surface area contributed by atoms with Crippen molar-refractivity contribution in [2.24, 2.45) is 5.41 Å².